The zero-order valence-electron chi connectivity index (χ0n) is 15.7. The van der Waals surface area contributed by atoms with Crippen LogP contribution in [0, 0.1) is 0 Å². The maximum absolute atomic E-state index is 12.3. The Bertz CT molecular complexity index is 851. The van der Waals surface area contributed by atoms with Gasteiger partial charge < -0.3 is 14.8 Å². The van der Waals surface area contributed by atoms with E-state index in [2.05, 4.69) is 19.8 Å². The number of nitrogens with zero attached hydrogens (tertiary/aromatic N) is 4. The maximum Gasteiger partial charge on any atom is 0.258 e. The molecule has 2 aromatic rings. The highest BCUT2D eigenvalue weighted by Gasteiger charge is 2.23. The molecule has 7 nitrogen and oxygen atoms in total. The third kappa shape index (κ3) is 4.36. The summed E-state index contributed by atoms with van der Waals surface area (Å²) in [6, 6.07) is 7.44. The molecule has 1 aromatic carbocycles. The standard InChI is InChI=1S/C20H27N5O2/c26-19(25-8-3-4-9-25)15-24-13-11-23(12-14-24)10-7-18-21-17-6-2-1-5-16(17)20(27)22-18/h1-2,5-6H,3-4,7-15H2,(H,21,22,27). The molecule has 0 bridgehead atoms. The number of hydrogen-bond acceptors (Lipinski definition) is 5. The molecule has 2 aliphatic rings. The summed E-state index contributed by atoms with van der Waals surface area (Å²) < 4.78 is 0. The minimum absolute atomic E-state index is 0.0687. The molecule has 0 aliphatic carbocycles. The highest BCUT2D eigenvalue weighted by atomic mass is 16.2. The van der Waals surface area contributed by atoms with Crippen molar-refractivity contribution in [3.05, 3.63) is 40.4 Å². The first-order valence-electron chi connectivity index (χ1n) is 9.89. The summed E-state index contributed by atoms with van der Waals surface area (Å²) in [6.07, 6.45) is 3.02. The molecule has 0 unspecified atom stereocenters. The number of carbonyl (C=O) groups excluding carboxylic acids is 1. The zero-order chi connectivity index (χ0) is 18.6. The average molecular weight is 369 g/mol. The van der Waals surface area contributed by atoms with Crippen LogP contribution in [-0.4, -0.2) is 82.9 Å². The number of fused-ring (bicyclic) bond motifs is 1. The van der Waals surface area contributed by atoms with E-state index in [0.29, 0.717) is 11.9 Å². The lowest BCUT2D eigenvalue weighted by atomic mass is 10.2. The summed E-state index contributed by atoms with van der Waals surface area (Å²) in [6.45, 7) is 7.01. The molecule has 0 spiro atoms. The van der Waals surface area contributed by atoms with Crippen molar-refractivity contribution in [2.24, 2.45) is 0 Å². The monoisotopic (exact) mass is 369 g/mol. The van der Waals surface area contributed by atoms with Crippen LogP contribution in [0.15, 0.2) is 29.1 Å². The number of H-pyrrole nitrogens is 1. The molecular formula is C20H27N5O2. The molecule has 1 aromatic heterocycles. The number of amides is 1. The van der Waals surface area contributed by atoms with E-state index in [1.165, 1.54) is 0 Å². The third-order valence-corrected chi connectivity index (χ3v) is 5.61. The van der Waals surface area contributed by atoms with E-state index in [9.17, 15) is 9.59 Å². The molecular weight excluding hydrogens is 342 g/mol. The van der Waals surface area contributed by atoms with Gasteiger partial charge in [-0.3, -0.25) is 14.5 Å². The number of hydrogen-bond donors (Lipinski definition) is 1. The lowest BCUT2D eigenvalue weighted by Gasteiger charge is -2.34. The molecule has 27 heavy (non-hydrogen) atoms. The van der Waals surface area contributed by atoms with Crippen molar-refractivity contribution in [2.75, 3.05) is 52.4 Å². The number of rotatable bonds is 5. The summed E-state index contributed by atoms with van der Waals surface area (Å²) in [7, 11) is 0. The summed E-state index contributed by atoms with van der Waals surface area (Å²) in [5.74, 6) is 1.02. The van der Waals surface area contributed by atoms with E-state index in [4.69, 9.17) is 0 Å². The Hall–Kier alpha value is -2.25. The Labute approximate surface area is 159 Å². The Morgan fingerprint density at radius 3 is 2.48 bits per heavy atom. The first-order chi connectivity index (χ1) is 13.2. The molecule has 7 heteroatoms. The van der Waals surface area contributed by atoms with E-state index >= 15 is 0 Å². The summed E-state index contributed by atoms with van der Waals surface area (Å²) in [5, 5.41) is 0.637. The smallest absolute Gasteiger partial charge is 0.258 e. The highest BCUT2D eigenvalue weighted by Crippen LogP contribution is 2.10. The summed E-state index contributed by atoms with van der Waals surface area (Å²) in [5.41, 5.74) is 0.683. The van der Waals surface area contributed by atoms with Crippen molar-refractivity contribution in [1.82, 2.24) is 24.7 Å². The summed E-state index contributed by atoms with van der Waals surface area (Å²) >= 11 is 0. The molecule has 1 N–H and O–H groups in total. The fourth-order valence-corrected chi connectivity index (χ4v) is 3.95. The average Bonchev–Trinajstić information content (AvgIpc) is 3.23. The highest BCUT2D eigenvalue weighted by molar-refractivity contribution is 5.78. The predicted molar refractivity (Wildman–Crippen MR) is 105 cm³/mol. The molecule has 0 atom stereocenters. The van der Waals surface area contributed by atoms with Crippen LogP contribution in [0.5, 0.6) is 0 Å². The van der Waals surface area contributed by atoms with Crippen LogP contribution in [0.1, 0.15) is 18.7 Å². The van der Waals surface area contributed by atoms with Gasteiger partial charge in [0.1, 0.15) is 5.82 Å². The SMILES string of the molecule is O=C(CN1CCN(CCc2nc3ccccc3c(=O)[nH]2)CC1)N1CCCC1. The van der Waals surface area contributed by atoms with Crippen LogP contribution in [0.2, 0.25) is 0 Å². The topological polar surface area (TPSA) is 72.5 Å². The van der Waals surface area contributed by atoms with Gasteiger partial charge in [-0.15, -0.1) is 0 Å². The van der Waals surface area contributed by atoms with Gasteiger partial charge in [-0.1, -0.05) is 12.1 Å². The number of aromatic amines is 1. The van der Waals surface area contributed by atoms with Gasteiger partial charge >= 0.3 is 0 Å². The van der Waals surface area contributed by atoms with Gasteiger partial charge in [-0.2, -0.15) is 0 Å². The Morgan fingerprint density at radius 1 is 1.00 bits per heavy atom. The molecule has 0 saturated carbocycles. The van der Waals surface area contributed by atoms with E-state index in [0.717, 1.165) is 76.4 Å². The lowest BCUT2D eigenvalue weighted by Crippen LogP contribution is -2.50. The van der Waals surface area contributed by atoms with Crippen LogP contribution in [0.3, 0.4) is 0 Å². The van der Waals surface area contributed by atoms with Crippen molar-refractivity contribution in [2.45, 2.75) is 19.3 Å². The minimum atomic E-state index is -0.0687. The second kappa shape index (κ2) is 8.19. The molecule has 2 fully saturated rings. The largest absolute Gasteiger partial charge is 0.342 e. The second-order valence-corrected chi connectivity index (χ2v) is 7.49. The zero-order valence-corrected chi connectivity index (χ0v) is 15.7. The van der Waals surface area contributed by atoms with Crippen molar-refractivity contribution in [3.63, 3.8) is 0 Å². The normalized spacial score (nSPS) is 19.0. The third-order valence-electron chi connectivity index (χ3n) is 5.61. The molecule has 3 heterocycles. The second-order valence-electron chi connectivity index (χ2n) is 7.49. The van der Waals surface area contributed by atoms with E-state index in [1.807, 2.05) is 23.1 Å². The van der Waals surface area contributed by atoms with Gasteiger partial charge in [0, 0.05) is 52.2 Å². The molecule has 144 valence electrons. The predicted octanol–water partition coefficient (Wildman–Crippen LogP) is 0.706. The Kier molecular flexibility index (Phi) is 5.50. The quantitative estimate of drug-likeness (QED) is 0.840. The maximum atomic E-state index is 12.3. The van der Waals surface area contributed by atoms with Crippen molar-refractivity contribution in [3.8, 4) is 0 Å². The molecule has 4 rings (SSSR count). The molecule has 1 amide bonds. The molecule has 2 aliphatic heterocycles. The first kappa shape index (κ1) is 18.1. The Morgan fingerprint density at radius 2 is 1.70 bits per heavy atom. The van der Waals surface area contributed by atoms with Crippen molar-refractivity contribution in [1.29, 1.82) is 0 Å². The fraction of sp³-hybridized carbons (Fsp3) is 0.550. The van der Waals surface area contributed by atoms with Crippen LogP contribution >= 0.6 is 0 Å². The van der Waals surface area contributed by atoms with Gasteiger partial charge in [-0.05, 0) is 25.0 Å². The lowest BCUT2D eigenvalue weighted by molar-refractivity contribution is -0.131. The number of aromatic nitrogens is 2. The number of benzene rings is 1. The van der Waals surface area contributed by atoms with E-state index in [1.54, 1.807) is 6.07 Å². The first-order valence-corrected chi connectivity index (χ1v) is 9.89. The number of nitrogens with one attached hydrogen (secondary N) is 1. The minimum Gasteiger partial charge on any atom is -0.342 e. The number of likely N-dealkylation sites (tertiary alicyclic amines) is 1. The molecule has 0 radical (unpaired) electrons. The summed E-state index contributed by atoms with van der Waals surface area (Å²) in [4.78, 5) is 38.5. The molecule has 2 saturated heterocycles. The Balaban J connectivity index is 1.26. The van der Waals surface area contributed by atoms with Crippen molar-refractivity contribution >= 4 is 16.8 Å². The van der Waals surface area contributed by atoms with E-state index in [-0.39, 0.29) is 11.5 Å². The number of piperazine rings is 1. The number of para-hydroxylation sites is 1. The van der Waals surface area contributed by atoms with Crippen LogP contribution in [-0.2, 0) is 11.2 Å². The van der Waals surface area contributed by atoms with Gasteiger partial charge in [0.25, 0.3) is 5.56 Å². The van der Waals surface area contributed by atoms with Gasteiger partial charge in [0.05, 0.1) is 17.4 Å². The van der Waals surface area contributed by atoms with E-state index < -0.39 is 0 Å². The van der Waals surface area contributed by atoms with Gasteiger partial charge in [0.2, 0.25) is 5.91 Å². The van der Waals surface area contributed by atoms with Gasteiger partial charge in [-0.25, -0.2) is 4.98 Å². The fourth-order valence-electron chi connectivity index (χ4n) is 3.95. The van der Waals surface area contributed by atoms with Gasteiger partial charge in [0.15, 0.2) is 0 Å². The van der Waals surface area contributed by atoms with Crippen LogP contribution in [0.25, 0.3) is 10.9 Å². The number of carbonyl (C=O) groups is 1. The van der Waals surface area contributed by atoms with Crippen molar-refractivity contribution < 1.29 is 4.79 Å². The van der Waals surface area contributed by atoms with Crippen LogP contribution in [0.4, 0.5) is 0 Å². The van der Waals surface area contributed by atoms with Crippen LogP contribution < -0.4 is 5.56 Å².